The molecule has 2 rings (SSSR count). The van der Waals surface area contributed by atoms with E-state index in [1.54, 1.807) is 4.90 Å². The number of nitrogens with one attached hydrogen (secondary N) is 2. The summed E-state index contributed by atoms with van der Waals surface area (Å²) in [5.74, 6) is 0. The van der Waals surface area contributed by atoms with Gasteiger partial charge in [0, 0.05) is 31.2 Å². The zero-order valence-electron chi connectivity index (χ0n) is 13.6. The fraction of sp³-hybridized carbons (Fsp3) is 0.867. The Bertz CT molecular complexity index is 408. The standard InChI is InChI=1S/C15H27N3O4/c1-15(2,3)22-13(19)17-7-6-16-10-8-11-4-5-12(9-10)18(11)14(20)21/h10-12,16H,4-9H2,1-3H3,(H,17,19)(H,20,21). The van der Waals surface area contributed by atoms with Crippen LogP contribution in [0.4, 0.5) is 9.59 Å². The molecule has 0 aromatic carbocycles. The Balaban J connectivity index is 1.65. The smallest absolute Gasteiger partial charge is 0.407 e. The highest BCUT2D eigenvalue weighted by Gasteiger charge is 2.43. The Morgan fingerprint density at radius 3 is 2.27 bits per heavy atom. The number of ether oxygens (including phenoxy) is 1. The number of piperidine rings is 1. The van der Waals surface area contributed by atoms with E-state index in [2.05, 4.69) is 10.6 Å². The highest BCUT2D eigenvalue weighted by molar-refractivity contribution is 5.67. The van der Waals surface area contributed by atoms with Crippen molar-refractivity contribution in [2.45, 2.75) is 70.2 Å². The second-order valence-electron chi connectivity index (χ2n) is 7.13. The Hall–Kier alpha value is -1.50. The van der Waals surface area contributed by atoms with Crippen LogP contribution in [0.3, 0.4) is 0 Å². The quantitative estimate of drug-likeness (QED) is 0.688. The molecule has 0 aromatic heterocycles. The number of hydrogen-bond acceptors (Lipinski definition) is 4. The monoisotopic (exact) mass is 313 g/mol. The van der Waals surface area contributed by atoms with Gasteiger partial charge in [0.2, 0.25) is 0 Å². The van der Waals surface area contributed by atoms with Gasteiger partial charge in [-0.2, -0.15) is 0 Å². The van der Waals surface area contributed by atoms with Gasteiger partial charge in [-0.25, -0.2) is 9.59 Å². The molecule has 0 aliphatic carbocycles. The van der Waals surface area contributed by atoms with Crippen molar-refractivity contribution in [3.63, 3.8) is 0 Å². The average molecular weight is 313 g/mol. The van der Waals surface area contributed by atoms with E-state index in [9.17, 15) is 14.7 Å². The van der Waals surface area contributed by atoms with Crippen molar-refractivity contribution in [3.8, 4) is 0 Å². The Kier molecular flexibility index (Phi) is 5.16. The van der Waals surface area contributed by atoms with Gasteiger partial charge >= 0.3 is 12.2 Å². The van der Waals surface area contributed by atoms with Crippen LogP contribution >= 0.6 is 0 Å². The summed E-state index contributed by atoms with van der Waals surface area (Å²) in [6.07, 6.45) is 2.44. The summed E-state index contributed by atoms with van der Waals surface area (Å²) in [5.41, 5.74) is -0.486. The van der Waals surface area contributed by atoms with Gasteiger partial charge in [0.1, 0.15) is 5.60 Å². The molecule has 2 aliphatic heterocycles. The van der Waals surface area contributed by atoms with Crippen LogP contribution in [0, 0.1) is 0 Å². The minimum Gasteiger partial charge on any atom is -0.465 e. The number of rotatable bonds is 4. The molecule has 2 amide bonds. The summed E-state index contributed by atoms with van der Waals surface area (Å²) < 4.78 is 5.16. The number of fused-ring (bicyclic) bond motifs is 2. The lowest BCUT2D eigenvalue weighted by Gasteiger charge is -2.37. The van der Waals surface area contributed by atoms with Gasteiger partial charge < -0.3 is 25.4 Å². The van der Waals surface area contributed by atoms with Gasteiger partial charge in [-0.3, -0.25) is 0 Å². The summed E-state index contributed by atoms with van der Waals surface area (Å²) in [4.78, 5) is 24.3. The van der Waals surface area contributed by atoms with E-state index in [-0.39, 0.29) is 12.1 Å². The van der Waals surface area contributed by atoms with Gasteiger partial charge in [0.05, 0.1) is 0 Å². The first kappa shape index (κ1) is 16.9. The Morgan fingerprint density at radius 2 is 1.77 bits per heavy atom. The van der Waals surface area contributed by atoms with Crippen molar-refractivity contribution in [2.75, 3.05) is 13.1 Å². The largest absolute Gasteiger partial charge is 0.465 e. The summed E-state index contributed by atoms with van der Waals surface area (Å²) in [6.45, 7) is 6.66. The predicted octanol–water partition coefficient (Wildman–Crippen LogP) is 1.77. The van der Waals surface area contributed by atoms with Gasteiger partial charge in [-0.1, -0.05) is 0 Å². The van der Waals surface area contributed by atoms with Crippen LogP contribution in [0.5, 0.6) is 0 Å². The first-order chi connectivity index (χ1) is 10.3. The molecule has 22 heavy (non-hydrogen) atoms. The van der Waals surface area contributed by atoms with Crippen LogP contribution in [0.15, 0.2) is 0 Å². The predicted molar refractivity (Wildman–Crippen MR) is 81.9 cm³/mol. The Morgan fingerprint density at radius 1 is 1.18 bits per heavy atom. The van der Waals surface area contributed by atoms with Gasteiger partial charge in [0.25, 0.3) is 0 Å². The van der Waals surface area contributed by atoms with Gasteiger partial charge in [-0.15, -0.1) is 0 Å². The van der Waals surface area contributed by atoms with Crippen molar-refractivity contribution in [1.29, 1.82) is 0 Å². The van der Waals surface area contributed by atoms with Gasteiger partial charge in [-0.05, 0) is 46.5 Å². The first-order valence-electron chi connectivity index (χ1n) is 7.98. The first-order valence-corrected chi connectivity index (χ1v) is 7.98. The fourth-order valence-electron chi connectivity index (χ4n) is 3.41. The molecule has 0 spiro atoms. The molecule has 2 bridgehead atoms. The molecular formula is C15H27N3O4. The normalized spacial score (nSPS) is 27.6. The number of hydrogen-bond donors (Lipinski definition) is 3. The lowest BCUT2D eigenvalue weighted by atomic mass is 9.98. The summed E-state index contributed by atoms with van der Waals surface area (Å²) in [7, 11) is 0. The maximum atomic E-state index is 11.5. The van der Waals surface area contributed by atoms with Crippen LogP contribution in [0.2, 0.25) is 0 Å². The van der Waals surface area contributed by atoms with E-state index >= 15 is 0 Å². The molecule has 0 saturated carbocycles. The molecule has 126 valence electrons. The molecule has 2 fully saturated rings. The fourth-order valence-corrected chi connectivity index (χ4v) is 3.41. The number of nitrogens with zero attached hydrogens (tertiary/aromatic N) is 1. The molecule has 0 radical (unpaired) electrons. The summed E-state index contributed by atoms with van der Waals surface area (Å²) in [6, 6.07) is 0.619. The van der Waals surface area contributed by atoms with Crippen LogP contribution in [0.25, 0.3) is 0 Å². The second kappa shape index (κ2) is 6.73. The van der Waals surface area contributed by atoms with E-state index in [4.69, 9.17) is 4.74 Å². The molecule has 2 saturated heterocycles. The van der Waals surface area contributed by atoms with E-state index < -0.39 is 17.8 Å². The number of carboxylic acid groups (broad SMARTS) is 1. The number of alkyl carbamates (subject to hydrolysis) is 1. The van der Waals surface area contributed by atoms with Gasteiger partial charge in [0.15, 0.2) is 0 Å². The summed E-state index contributed by atoms with van der Waals surface area (Å²) >= 11 is 0. The lowest BCUT2D eigenvalue weighted by molar-refractivity contribution is 0.0525. The highest BCUT2D eigenvalue weighted by atomic mass is 16.6. The molecular weight excluding hydrogens is 286 g/mol. The SMILES string of the molecule is CC(C)(C)OC(=O)NCCNC1CC2CCC(C1)N2C(=O)O. The third kappa shape index (κ3) is 4.50. The van der Waals surface area contributed by atoms with E-state index in [0.29, 0.717) is 19.1 Å². The third-order valence-corrected chi connectivity index (χ3v) is 4.18. The van der Waals surface area contributed by atoms with Crippen molar-refractivity contribution in [1.82, 2.24) is 15.5 Å². The molecule has 7 nitrogen and oxygen atoms in total. The van der Waals surface area contributed by atoms with E-state index in [1.807, 2.05) is 20.8 Å². The minimum atomic E-state index is -0.794. The minimum absolute atomic E-state index is 0.146. The van der Waals surface area contributed by atoms with Crippen LogP contribution in [-0.2, 0) is 4.74 Å². The van der Waals surface area contributed by atoms with Crippen molar-refractivity contribution in [2.24, 2.45) is 0 Å². The van der Waals surface area contributed by atoms with Crippen LogP contribution < -0.4 is 10.6 Å². The van der Waals surface area contributed by atoms with Crippen LogP contribution in [-0.4, -0.2) is 59.0 Å². The molecule has 2 atom stereocenters. The van der Waals surface area contributed by atoms with Crippen molar-refractivity contribution in [3.05, 3.63) is 0 Å². The highest BCUT2D eigenvalue weighted by Crippen LogP contribution is 2.35. The maximum absolute atomic E-state index is 11.5. The summed E-state index contributed by atoms with van der Waals surface area (Å²) in [5, 5.41) is 15.3. The number of carbonyl (C=O) groups is 2. The lowest BCUT2D eigenvalue weighted by Crippen LogP contribution is -2.51. The number of carbonyl (C=O) groups excluding carboxylic acids is 1. The third-order valence-electron chi connectivity index (χ3n) is 4.18. The zero-order valence-corrected chi connectivity index (χ0v) is 13.6. The second-order valence-corrected chi connectivity index (χ2v) is 7.13. The van der Waals surface area contributed by atoms with Crippen molar-refractivity contribution >= 4 is 12.2 Å². The van der Waals surface area contributed by atoms with E-state index in [1.165, 1.54) is 0 Å². The molecule has 7 heteroatoms. The molecule has 2 aliphatic rings. The molecule has 0 aromatic rings. The number of amides is 2. The van der Waals surface area contributed by atoms with Crippen molar-refractivity contribution < 1.29 is 19.4 Å². The molecule has 3 N–H and O–H groups in total. The zero-order chi connectivity index (χ0) is 16.3. The topological polar surface area (TPSA) is 90.9 Å². The van der Waals surface area contributed by atoms with E-state index in [0.717, 1.165) is 25.7 Å². The Labute approximate surface area is 131 Å². The molecule has 2 unspecified atom stereocenters. The average Bonchev–Trinajstić information content (AvgIpc) is 2.65. The molecule has 2 heterocycles. The maximum Gasteiger partial charge on any atom is 0.407 e. The van der Waals surface area contributed by atoms with Crippen LogP contribution in [0.1, 0.15) is 46.5 Å².